The first-order valence-corrected chi connectivity index (χ1v) is 11.1. The lowest BCUT2D eigenvalue weighted by atomic mass is 10.2. The van der Waals surface area contributed by atoms with Crippen LogP contribution in [0.1, 0.15) is 36.8 Å². The number of esters is 1. The van der Waals surface area contributed by atoms with Crippen molar-refractivity contribution >= 4 is 44.1 Å². The number of carbonyl (C=O) groups is 2. The third-order valence-corrected chi connectivity index (χ3v) is 6.40. The summed E-state index contributed by atoms with van der Waals surface area (Å²) in [5.74, 6) is -1.19. The van der Waals surface area contributed by atoms with Gasteiger partial charge < -0.3 is 15.4 Å². The van der Waals surface area contributed by atoms with Crippen molar-refractivity contribution in [2.45, 2.75) is 44.7 Å². The van der Waals surface area contributed by atoms with Crippen molar-refractivity contribution in [3.8, 4) is 0 Å². The number of hydrogen-bond donors (Lipinski definition) is 3. The number of aromatic nitrogens is 1. The van der Waals surface area contributed by atoms with Crippen molar-refractivity contribution in [2.24, 2.45) is 0 Å². The van der Waals surface area contributed by atoms with Gasteiger partial charge in [0.2, 0.25) is 10.0 Å². The van der Waals surface area contributed by atoms with Crippen LogP contribution in [-0.4, -0.2) is 43.9 Å². The number of ether oxygens (including phenoxy) is 1. The highest BCUT2D eigenvalue weighted by molar-refractivity contribution is 7.89. The average Bonchev–Trinajstić information content (AvgIpc) is 3.01. The molecule has 158 valence electrons. The van der Waals surface area contributed by atoms with Crippen LogP contribution in [0.3, 0.4) is 0 Å². The quantitative estimate of drug-likeness (QED) is 0.538. The molecule has 0 spiro atoms. The van der Waals surface area contributed by atoms with Crippen LogP contribution in [0.5, 0.6) is 0 Å². The van der Waals surface area contributed by atoms with Gasteiger partial charge in [0.15, 0.2) is 6.10 Å². The number of amides is 1. The molecule has 0 saturated carbocycles. The molecule has 0 fully saturated rings. The van der Waals surface area contributed by atoms with E-state index in [1.165, 1.54) is 31.2 Å². The number of anilines is 2. The highest BCUT2D eigenvalue weighted by Crippen LogP contribution is 2.25. The molecule has 1 aromatic carbocycles. The van der Waals surface area contributed by atoms with Gasteiger partial charge in [0.1, 0.15) is 10.6 Å². The molecule has 29 heavy (non-hydrogen) atoms. The van der Waals surface area contributed by atoms with Crippen LogP contribution in [0.25, 0.3) is 0 Å². The summed E-state index contributed by atoms with van der Waals surface area (Å²) < 4.78 is 36.1. The third-order valence-electron chi connectivity index (χ3n) is 3.77. The second-order valence-corrected chi connectivity index (χ2v) is 9.05. The third kappa shape index (κ3) is 5.75. The Labute approximate surface area is 174 Å². The fraction of sp³-hybridized carbons (Fsp3) is 0.389. The zero-order chi connectivity index (χ0) is 21.8. The standard InChI is InChI=1S/C18H24N4O5S2/c1-10(2)22-29(25,26)14-8-6-13(7-9-14)20-16(23)12(4)27-18(24)15-11(3)21-28-17(15)19-5/h6-10,12,19,22H,1-5H3,(H,20,23)/t12-/m1/s1. The Hall–Kier alpha value is -2.50. The largest absolute Gasteiger partial charge is 0.449 e. The van der Waals surface area contributed by atoms with E-state index in [2.05, 4.69) is 19.7 Å². The van der Waals surface area contributed by atoms with Gasteiger partial charge in [-0.2, -0.15) is 4.37 Å². The Balaban J connectivity index is 2.02. The van der Waals surface area contributed by atoms with Crippen molar-refractivity contribution in [1.29, 1.82) is 0 Å². The minimum Gasteiger partial charge on any atom is -0.449 e. The van der Waals surface area contributed by atoms with Crippen molar-refractivity contribution in [1.82, 2.24) is 9.10 Å². The Morgan fingerprint density at radius 2 is 1.76 bits per heavy atom. The van der Waals surface area contributed by atoms with E-state index in [1.54, 1.807) is 27.8 Å². The fourth-order valence-electron chi connectivity index (χ4n) is 2.39. The van der Waals surface area contributed by atoms with Gasteiger partial charge in [-0.3, -0.25) is 4.79 Å². The van der Waals surface area contributed by atoms with Gasteiger partial charge >= 0.3 is 5.97 Å². The molecule has 1 amide bonds. The molecule has 0 aliphatic heterocycles. The number of carbonyl (C=O) groups excluding carboxylic acids is 2. The molecule has 2 rings (SSSR count). The van der Waals surface area contributed by atoms with Crippen LogP contribution in [-0.2, 0) is 19.6 Å². The summed E-state index contributed by atoms with van der Waals surface area (Å²) in [7, 11) is -1.95. The lowest BCUT2D eigenvalue weighted by molar-refractivity contribution is -0.123. The Kier molecular flexibility index (Phi) is 7.33. The molecule has 0 aliphatic rings. The average molecular weight is 441 g/mol. The number of nitrogens with one attached hydrogen (secondary N) is 3. The monoisotopic (exact) mass is 440 g/mol. The van der Waals surface area contributed by atoms with Gasteiger partial charge in [0, 0.05) is 18.8 Å². The van der Waals surface area contributed by atoms with Crippen molar-refractivity contribution in [3.05, 3.63) is 35.5 Å². The van der Waals surface area contributed by atoms with Crippen LogP contribution >= 0.6 is 11.5 Å². The smallest absolute Gasteiger partial charge is 0.343 e. The maximum atomic E-state index is 12.4. The first-order chi connectivity index (χ1) is 13.5. The predicted molar refractivity (Wildman–Crippen MR) is 112 cm³/mol. The normalized spacial score (nSPS) is 12.5. The molecule has 1 aromatic heterocycles. The SMILES string of the molecule is CNc1snc(C)c1C(=O)O[C@H](C)C(=O)Nc1ccc(S(=O)(=O)NC(C)C)cc1. The number of nitrogens with zero attached hydrogens (tertiary/aromatic N) is 1. The second-order valence-electron chi connectivity index (χ2n) is 6.56. The number of sulfonamides is 1. The summed E-state index contributed by atoms with van der Waals surface area (Å²) in [6.45, 7) is 6.58. The first kappa shape index (κ1) is 22.8. The molecule has 1 heterocycles. The number of rotatable bonds is 8. The van der Waals surface area contributed by atoms with Gasteiger partial charge in [-0.1, -0.05) is 0 Å². The predicted octanol–water partition coefficient (Wildman–Crippen LogP) is 2.36. The fourth-order valence-corrected chi connectivity index (χ4v) is 4.38. The molecular formula is C18H24N4O5S2. The zero-order valence-corrected chi connectivity index (χ0v) is 18.4. The first-order valence-electron chi connectivity index (χ1n) is 8.83. The van der Waals surface area contributed by atoms with E-state index in [4.69, 9.17) is 4.74 Å². The topological polar surface area (TPSA) is 126 Å². The summed E-state index contributed by atoms with van der Waals surface area (Å²) in [5, 5.41) is 6.03. The molecule has 0 unspecified atom stereocenters. The van der Waals surface area contributed by atoms with Crippen LogP contribution in [0.4, 0.5) is 10.7 Å². The van der Waals surface area contributed by atoms with Gasteiger partial charge in [0.25, 0.3) is 5.91 Å². The highest BCUT2D eigenvalue weighted by atomic mass is 32.2. The van der Waals surface area contributed by atoms with Gasteiger partial charge in [0.05, 0.1) is 10.6 Å². The molecule has 0 radical (unpaired) electrons. The van der Waals surface area contributed by atoms with Crippen LogP contribution in [0, 0.1) is 6.92 Å². The van der Waals surface area contributed by atoms with Gasteiger partial charge in [-0.15, -0.1) is 0 Å². The Morgan fingerprint density at radius 1 is 1.14 bits per heavy atom. The second kappa shape index (κ2) is 9.33. The van der Waals surface area contributed by atoms with Crippen molar-refractivity contribution in [3.63, 3.8) is 0 Å². The Morgan fingerprint density at radius 3 is 2.31 bits per heavy atom. The van der Waals surface area contributed by atoms with Gasteiger partial charge in [-0.05, 0) is 63.5 Å². The molecule has 0 saturated heterocycles. The summed E-state index contributed by atoms with van der Waals surface area (Å²) in [4.78, 5) is 24.8. The zero-order valence-electron chi connectivity index (χ0n) is 16.8. The molecule has 1 atom stereocenters. The molecule has 0 aliphatic carbocycles. The van der Waals surface area contributed by atoms with Crippen molar-refractivity contribution in [2.75, 3.05) is 17.7 Å². The number of hydrogen-bond acceptors (Lipinski definition) is 8. The minimum atomic E-state index is -3.62. The molecule has 2 aromatic rings. The number of benzene rings is 1. The van der Waals surface area contributed by atoms with Gasteiger partial charge in [-0.25, -0.2) is 17.9 Å². The Bertz CT molecular complexity index is 984. The lowest BCUT2D eigenvalue weighted by Gasteiger charge is -2.14. The number of aryl methyl sites for hydroxylation is 1. The van der Waals surface area contributed by atoms with E-state index in [0.29, 0.717) is 21.9 Å². The van der Waals surface area contributed by atoms with E-state index in [9.17, 15) is 18.0 Å². The molecule has 9 nitrogen and oxygen atoms in total. The summed E-state index contributed by atoms with van der Waals surface area (Å²) in [6.07, 6.45) is -1.06. The lowest BCUT2D eigenvalue weighted by Crippen LogP contribution is -2.31. The van der Waals surface area contributed by atoms with Crippen molar-refractivity contribution < 1.29 is 22.7 Å². The van der Waals surface area contributed by atoms with E-state index in [0.717, 1.165) is 11.5 Å². The van der Waals surface area contributed by atoms with Crippen LogP contribution in [0.15, 0.2) is 29.2 Å². The summed E-state index contributed by atoms with van der Waals surface area (Å²) in [6, 6.07) is 5.47. The van der Waals surface area contributed by atoms with E-state index < -0.39 is 28.0 Å². The molecule has 11 heteroatoms. The molecule has 0 bridgehead atoms. The van der Waals surface area contributed by atoms with Crippen LogP contribution < -0.4 is 15.4 Å². The molecular weight excluding hydrogens is 416 g/mol. The minimum absolute atomic E-state index is 0.0868. The maximum absolute atomic E-state index is 12.4. The summed E-state index contributed by atoms with van der Waals surface area (Å²) >= 11 is 1.13. The van der Waals surface area contributed by atoms with E-state index in [-0.39, 0.29) is 10.9 Å². The maximum Gasteiger partial charge on any atom is 0.343 e. The molecule has 3 N–H and O–H groups in total. The highest BCUT2D eigenvalue weighted by Gasteiger charge is 2.24. The van der Waals surface area contributed by atoms with E-state index in [1.807, 2.05) is 0 Å². The van der Waals surface area contributed by atoms with Crippen LogP contribution in [0.2, 0.25) is 0 Å². The van der Waals surface area contributed by atoms with E-state index >= 15 is 0 Å². The summed E-state index contributed by atoms with van der Waals surface area (Å²) in [5.41, 5.74) is 1.19.